The Hall–Kier alpha value is -3.65. The molecule has 0 fully saturated rings. The van der Waals surface area contributed by atoms with Crippen molar-refractivity contribution in [3.63, 3.8) is 0 Å². The molecule has 0 aliphatic carbocycles. The van der Waals surface area contributed by atoms with Crippen molar-refractivity contribution in [3.05, 3.63) is 77.8 Å². The number of carbonyl (C=O) groups is 1. The minimum Gasteiger partial charge on any atom is -0.398 e. The van der Waals surface area contributed by atoms with Gasteiger partial charge in [0.2, 0.25) is 0 Å². The van der Waals surface area contributed by atoms with E-state index in [-0.39, 0.29) is 5.91 Å². The molecule has 144 valence electrons. The molecule has 4 aromatic rings. The van der Waals surface area contributed by atoms with E-state index < -0.39 is 0 Å². The molecular weight excluding hydrogens is 384 g/mol. The number of amides is 1. The second-order valence-corrected chi connectivity index (χ2v) is 7.12. The molecule has 0 bridgehead atoms. The summed E-state index contributed by atoms with van der Waals surface area (Å²) in [7, 11) is 0. The number of nitrogens with one attached hydrogen (secondary N) is 1. The van der Waals surface area contributed by atoms with E-state index in [2.05, 4.69) is 25.3 Å². The first kappa shape index (κ1) is 18.7. The van der Waals surface area contributed by atoms with Gasteiger partial charge in [0.05, 0.1) is 5.69 Å². The fraction of sp³-hybridized carbons (Fsp3) is 0.0952. The fourth-order valence-corrected chi connectivity index (χ4v) is 3.61. The molecule has 0 saturated heterocycles. The Balaban J connectivity index is 1.38. The van der Waals surface area contributed by atoms with Gasteiger partial charge in [-0.05, 0) is 29.8 Å². The predicted octanol–water partition coefficient (Wildman–Crippen LogP) is 3.22. The van der Waals surface area contributed by atoms with Crippen molar-refractivity contribution in [1.82, 2.24) is 25.3 Å². The van der Waals surface area contributed by atoms with Crippen molar-refractivity contribution in [2.24, 2.45) is 0 Å². The maximum absolute atomic E-state index is 12.5. The summed E-state index contributed by atoms with van der Waals surface area (Å²) in [5.74, 6) is 0.468. The van der Waals surface area contributed by atoms with Gasteiger partial charge in [-0.3, -0.25) is 9.78 Å². The summed E-state index contributed by atoms with van der Waals surface area (Å²) >= 11 is 1.49. The molecule has 4 rings (SSSR count). The second-order valence-electron chi connectivity index (χ2n) is 6.27. The van der Waals surface area contributed by atoms with Crippen LogP contribution in [0.2, 0.25) is 0 Å². The first-order valence-corrected chi connectivity index (χ1v) is 9.88. The zero-order valence-corrected chi connectivity index (χ0v) is 16.3. The van der Waals surface area contributed by atoms with Crippen LogP contribution in [0.25, 0.3) is 22.0 Å². The van der Waals surface area contributed by atoms with Gasteiger partial charge < -0.3 is 11.1 Å². The Bertz CT molecular complexity index is 1130. The van der Waals surface area contributed by atoms with E-state index >= 15 is 0 Å². The fourth-order valence-electron chi connectivity index (χ4n) is 2.81. The van der Waals surface area contributed by atoms with Gasteiger partial charge in [0.25, 0.3) is 5.91 Å². The van der Waals surface area contributed by atoms with Crippen LogP contribution < -0.4 is 11.1 Å². The average molecular weight is 402 g/mol. The lowest BCUT2D eigenvalue weighted by molar-refractivity contribution is 0.0954. The Morgan fingerprint density at radius 2 is 1.97 bits per heavy atom. The monoisotopic (exact) mass is 402 g/mol. The molecule has 3 heterocycles. The maximum atomic E-state index is 12.5. The van der Waals surface area contributed by atoms with Crippen molar-refractivity contribution < 1.29 is 4.79 Å². The molecular formula is C21H18N6OS. The first-order chi connectivity index (χ1) is 14.2. The molecule has 0 unspecified atom stereocenters. The van der Waals surface area contributed by atoms with Crippen LogP contribution >= 0.6 is 11.3 Å². The average Bonchev–Trinajstić information content (AvgIpc) is 3.24. The van der Waals surface area contributed by atoms with E-state index in [0.717, 1.165) is 21.8 Å². The number of anilines is 1. The van der Waals surface area contributed by atoms with E-state index in [1.54, 1.807) is 43.0 Å². The predicted molar refractivity (Wildman–Crippen MR) is 113 cm³/mol. The summed E-state index contributed by atoms with van der Waals surface area (Å²) in [5, 5.41) is 5.67. The Labute approximate surface area is 171 Å². The number of hydrogen-bond acceptors (Lipinski definition) is 7. The highest BCUT2D eigenvalue weighted by atomic mass is 32.1. The van der Waals surface area contributed by atoms with E-state index in [1.165, 1.54) is 11.3 Å². The summed E-state index contributed by atoms with van der Waals surface area (Å²) in [6, 6.07) is 10.8. The summed E-state index contributed by atoms with van der Waals surface area (Å²) in [5.41, 5.74) is 9.77. The zero-order valence-electron chi connectivity index (χ0n) is 15.4. The van der Waals surface area contributed by atoms with Crippen molar-refractivity contribution in [1.29, 1.82) is 0 Å². The van der Waals surface area contributed by atoms with Crippen molar-refractivity contribution in [2.75, 3.05) is 12.3 Å². The zero-order chi connectivity index (χ0) is 20.1. The lowest BCUT2D eigenvalue weighted by Crippen LogP contribution is -2.25. The maximum Gasteiger partial charge on any atom is 0.251 e. The van der Waals surface area contributed by atoms with Gasteiger partial charge in [-0.2, -0.15) is 0 Å². The molecule has 3 aromatic heterocycles. The van der Waals surface area contributed by atoms with Gasteiger partial charge in [-0.1, -0.05) is 12.1 Å². The smallest absolute Gasteiger partial charge is 0.251 e. The summed E-state index contributed by atoms with van der Waals surface area (Å²) in [6.45, 7) is 0.483. The molecule has 0 saturated carbocycles. The summed E-state index contributed by atoms with van der Waals surface area (Å²) < 4.78 is 0. The third kappa shape index (κ3) is 4.44. The number of aromatic nitrogens is 4. The quantitative estimate of drug-likeness (QED) is 0.513. The molecule has 1 amide bonds. The number of nitrogens with two attached hydrogens (primary N) is 1. The molecule has 0 radical (unpaired) electrons. The van der Waals surface area contributed by atoms with Gasteiger partial charge >= 0.3 is 0 Å². The molecule has 0 aliphatic heterocycles. The van der Waals surface area contributed by atoms with Crippen LogP contribution in [0.15, 0.2) is 66.6 Å². The lowest BCUT2D eigenvalue weighted by atomic mass is 10.0. The number of nitrogens with zero attached hydrogens (tertiary/aromatic N) is 4. The SMILES string of the molecule is Nc1ccncc1-c1cccc(C(=O)NCCc2csc(-c3ncccn3)n2)c1. The summed E-state index contributed by atoms with van der Waals surface area (Å²) in [6.07, 6.45) is 7.35. The van der Waals surface area contributed by atoms with Crippen LogP contribution in [0, 0.1) is 0 Å². The van der Waals surface area contributed by atoms with Crippen molar-refractivity contribution >= 4 is 22.9 Å². The molecule has 29 heavy (non-hydrogen) atoms. The minimum atomic E-state index is -0.142. The molecule has 0 spiro atoms. The lowest BCUT2D eigenvalue weighted by Gasteiger charge is -2.08. The minimum absolute atomic E-state index is 0.142. The molecule has 0 atom stereocenters. The van der Waals surface area contributed by atoms with Crippen LogP contribution in [0.4, 0.5) is 5.69 Å². The highest BCUT2D eigenvalue weighted by Crippen LogP contribution is 2.25. The third-order valence-electron chi connectivity index (χ3n) is 4.27. The van der Waals surface area contributed by atoms with Gasteiger partial charge in [0.1, 0.15) is 0 Å². The van der Waals surface area contributed by atoms with Crippen molar-refractivity contribution in [3.8, 4) is 22.0 Å². The Morgan fingerprint density at radius 3 is 2.79 bits per heavy atom. The molecule has 7 nitrogen and oxygen atoms in total. The molecule has 3 N–H and O–H groups in total. The van der Waals surface area contributed by atoms with E-state index in [0.29, 0.717) is 30.0 Å². The highest BCUT2D eigenvalue weighted by molar-refractivity contribution is 7.13. The van der Waals surface area contributed by atoms with Gasteiger partial charge in [0.15, 0.2) is 10.8 Å². The highest BCUT2D eigenvalue weighted by Gasteiger charge is 2.10. The van der Waals surface area contributed by atoms with Crippen LogP contribution in [-0.4, -0.2) is 32.4 Å². The molecule has 1 aromatic carbocycles. The number of pyridine rings is 1. The number of benzene rings is 1. The van der Waals surface area contributed by atoms with Crippen LogP contribution in [0.1, 0.15) is 16.1 Å². The number of rotatable bonds is 6. The van der Waals surface area contributed by atoms with Crippen LogP contribution in [0.5, 0.6) is 0 Å². The first-order valence-electron chi connectivity index (χ1n) is 9.00. The number of hydrogen-bond donors (Lipinski definition) is 2. The summed E-state index contributed by atoms with van der Waals surface area (Å²) in [4.78, 5) is 29.6. The van der Waals surface area contributed by atoms with Crippen LogP contribution in [0.3, 0.4) is 0 Å². The third-order valence-corrected chi connectivity index (χ3v) is 5.15. The molecule has 0 aliphatic rings. The van der Waals surface area contributed by atoms with Crippen molar-refractivity contribution in [2.45, 2.75) is 6.42 Å². The van der Waals surface area contributed by atoms with Gasteiger partial charge in [0, 0.05) is 59.9 Å². The number of carbonyl (C=O) groups excluding carboxylic acids is 1. The van der Waals surface area contributed by atoms with E-state index in [4.69, 9.17) is 5.73 Å². The van der Waals surface area contributed by atoms with E-state index in [9.17, 15) is 4.79 Å². The Kier molecular flexibility index (Phi) is 5.53. The number of nitrogen functional groups attached to an aromatic ring is 1. The second kappa shape index (κ2) is 8.57. The largest absolute Gasteiger partial charge is 0.398 e. The molecule has 8 heteroatoms. The standard InChI is InChI=1S/C21H18N6OS/c22-18-6-9-23-12-17(18)14-3-1-4-15(11-14)20(28)26-10-5-16-13-29-21(27-16)19-24-7-2-8-25-19/h1-4,6-9,11-13H,5,10H2,(H2,22,23)(H,26,28). The van der Waals surface area contributed by atoms with Crippen LogP contribution in [-0.2, 0) is 6.42 Å². The van der Waals surface area contributed by atoms with Gasteiger partial charge in [-0.15, -0.1) is 11.3 Å². The van der Waals surface area contributed by atoms with E-state index in [1.807, 2.05) is 23.6 Å². The Morgan fingerprint density at radius 1 is 1.10 bits per heavy atom. The number of thiazole rings is 1. The normalized spacial score (nSPS) is 10.6. The topological polar surface area (TPSA) is 107 Å². The van der Waals surface area contributed by atoms with Gasteiger partial charge in [-0.25, -0.2) is 15.0 Å².